The maximum atomic E-state index is 12.8. The Bertz CT molecular complexity index is 943. The van der Waals surface area contributed by atoms with E-state index >= 15 is 0 Å². The number of anilines is 2. The van der Waals surface area contributed by atoms with Gasteiger partial charge in [-0.05, 0) is 49.6 Å². The molecule has 0 saturated heterocycles. The lowest BCUT2D eigenvalue weighted by atomic mass is 9.81. The second-order valence-electron chi connectivity index (χ2n) is 7.86. The van der Waals surface area contributed by atoms with Gasteiger partial charge >= 0.3 is 0 Å². The fourth-order valence-corrected chi connectivity index (χ4v) is 3.87. The molecule has 3 rings (SSSR count). The van der Waals surface area contributed by atoms with E-state index in [1.165, 1.54) is 0 Å². The molecular formula is C24H28N4O2. The molecule has 2 amide bonds. The van der Waals surface area contributed by atoms with Gasteiger partial charge in [-0.1, -0.05) is 43.5 Å². The van der Waals surface area contributed by atoms with Crippen LogP contribution in [-0.4, -0.2) is 35.8 Å². The van der Waals surface area contributed by atoms with Crippen molar-refractivity contribution in [1.29, 1.82) is 5.26 Å². The number of likely N-dealkylation sites (N-methyl/N-ethyl adjacent to an activating group) is 1. The summed E-state index contributed by atoms with van der Waals surface area (Å²) in [6.45, 7) is 2.04. The van der Waals surface area contributed by atoms with E-state index in [1.807, 2.05) is 43.3 Å². The number of nitriles is 1. The van der Waals surface area contributed by atoms with Crippen LogP contribution in [0.3, 0.4) is 0 Å². The third-order valence-electron chi connectivity index (χ3n) is 5.87. The van der Waals surface area contributed by atoms with E-state index in [2.05, 4.69) is 16.7 Å². The molecule has 156 valence electrons. The summed E-state index contributed by atoms with van der Waals surface area (Å²) in [7, 11) is 1.72. The van der Waals surface area contributed by atoms with E-state index in [4.69, 9.17) is 0 Å². The number of hydrogen-bond acceptors (Lipinski definition) is 4. The van der Waals surface area contributed by atoms with E-state index in [0.29, 0.717) is 11.3 Å². The van der Waals surface area contributed by atoms with Crippen molar-refractivity contribution in [1.82, 2.24) is 4.90 Å². The van der Waals surface area contributed by atoms with Crippen molar-refractivity contribution in [3.05, 3.63) is 59.7 Å². The molecule has 1 saturated carbocycles. The molecule has 2 aromatic carbocycles. The molecule has 1 fully saturated rings. The SMILES string of the molecule is Cc1ccc(NC(=O)c2ccccc2)cc1NCC(=O)N(C)C1(C#N)CCCCC1. The maximum absolute atomic E-state index is 12.8. The molecule has 0 bridgehead atoms. The number of carbonyl (C=O) groups is 2. The van der Waals surface area contributed by atoms with Crippen LogP contribution in [0.1, 0.15) is 48.0 Å². The molecule has 0 heterocycles. The van der Waals surface area contributed by atoms with Crippen molar-refractivity contribution < 1.29 is 9.59 Å². The molecule has 1 aliphatic carbocycles. The summed E-state index contributed by atoms with van der Waals surface area (Å²) in [5, 5.41) is 15.8. The van der Waals surface area contributed by atoms with Gasteiger partial charge in [-0.3, -0.25) is 9.59 Å². The second-order valence-corrected chi connectivity index (χ2v) is 7.86. The number of rotatable bonds is 6. The number of hydrogen-bond donors (Lipinski definition) is 2. The molecular weight excluding hydrogens is 376 g/mol. The summed E-state index contributed by atoms with van der Waals surface area (Å²) in [6, 6.07) is 17.0. The first-order valence-electron chi connectivity index (χ1n) is 10.3. The van der Waals surface area contributed by atoms with Crippen LogP contribution in [0.15, 0.2) is 48.5 Å². The average molecular weight is 405 g/mol. The normalized spacial score (nSPS) is 15.0. The molecule has 2 N–H and O–H groups in total. The Labute approximate surface area is 177 Å². The fraction of sp³-hybridized carbons (Fsp3) is 0.375. The molecule has 30 heavy (non-hydrogen) atoms. The van der Waals surface area contributed by atoms with Crippen molar-refractivity contribution in [3.63, 3.8) is 0 Å². The van der Waals surface area contributed by atoms with Gasteiger partial charge in [-0.2, -0.15) is 5.26 Å². The summed E-state index contributed by atoms with van der Waals surface area (Å²) >= 11 is 0. The number of carbonyl (C=O) groups excluding carboxylic acids is 2. The van der Waals surface area contributed by atoms with Crippen LogP contribution in [0.25, 0.3) is 0 Å². The predicted octanol–water partition coefficient (Wildman–Crippen LogP) is 4.34. The Kier molecular flexibility index (Phi) is 6.73. The number of nitrogens with one attached hydrogen (secondary N) is 2. The molecule has 6 nitrogen and oxygen atoms in total. The topological polar surface area (TPSA) is 85.2 Å². The van der Waals surface area contributed by atoms with Crippen LogP contribution >= 0.6 is 0 Å². The zero-order valence-electron chi connectivity index (χ0n) is 17.6. The van der Waals surface area contributed by atoms with Crippen molar-refractivity contribution in [2.45, 2.75) is 44.6 Å². The van der Waals surface area contributed by atoms with Crippen LogP contribution in [-0.2, 0) is 4.79 Å². The van der Waals surface area contributed by atoms with Gasteiger partial charge in [0, 0.05) is 24.0 Å². The molecule has 0 radical (unpaired) electrons. The van der Waals surface area contributed by atoms with Gasteiger partial charge in [-0.15, -0.1) is 0 Å². The second kappa shape index (κ2) is 9.45. The van der Waals surface area contributed by atoms with Crippen LogP contribution in [0.2, 0.25) is 0 Å². The van der Waals surface area contributed by atoms with Gasteiger partial charge in [0.15, 0.2) is 0 Å². The summed E-state index contributed by atoms with van der Waals surface area (Å²) in [6.07, 6.45) is 4.52. The quantitative estimate of drug-likeness (QED) is 0.750. The number of benzene rings is 2. The van der Waals surface area contributed by atoms with Gasteiger partial charge in [0.2, 0.25) is 5.91 Å². The monoisotopic (exact) mass is 404 g/mol. The zero-order valence-corrected chi connectivity index (χ0v) is 17.6. The van der Waals surface area contributed by atoms with Crippen molar-refractivity contribution >= 4 is 23.2 Å². The lowest BCUT2D eigenvalue weighted by molar-refractivity contribution is -0.132. The first-order valence-corrected chi connectivity index (χ1v) is 10.3. The van der Waals surface area contributed by atoms with Crippen LogP contribution in [0, 0.1) is 18.3 Å². The van der Waals surface area contributed by atoms with Crippen molar-refractivity contribution in [3.8, 4) is 6.07 Å². The molecule has 1 aliphatic rings. The minimum absolute atomic E-state index is 0.0941. The Morgan fingerprint density at radius 1 is 1.10 bits per heavy atom. The summed E-state index contributed by atoms with van der Waals surface area (Å²) in [5.41, 5.74) is 2.28. The van der Waals surface area contributed by atoms with E-state index in [9.17, 15) is 14.9 Å². The summed E-state index contributed by atoms with van der Waals surface area (Å²) < 4.78 is 0. The first kappa shape index (κ1) is 21.4. The highest BCUT2D eigenvalue weighted by Gasteiger charge is 2.38. The number of aryl methyl sites for hydroxylation is 1. The number of nitrogens with zero attached hydrogens (tertiary/aromatic N) is 2. The molecule has 6 heteroatoms. The standard InChI is InChI=1S/C24H28N4O2/c1-18-11-12-20(27-23(30)19-9-5-3-6-10-19)15-21(18)26-16-22(29)28(2)24(17-25)13-7-4-8-14-24/h3,5-6,9-12,15,26H,4,7-8,13-14,16H2,1-2H3,(H,27,30). The molecule has 0 unspecified atom stereocenters. The molecule has 0 aliphatic heterocycles. The minimum Gasteiger partial charge on any atom is -0.376 e. The smallest absolute Gasteiger partial charge is 0.255 e. The predicted molar refractivity (Wildman–Crippen MR) is 118 cm³/mol. The van der Waals surface area contributed by atoms with Crippen LogP contribution < -0.4 is 10.6 Å². The molecule has 2 aromatic rings. The highest BCUT2D eigenvalue weighted by Crippen LogP contribution is 2.32. The van der Waals surface area contributed by atoms with Gasteiger partial charge < -0.3 is 15.5 Å². The lowest BCUT2D eigenvalue weighted by Gasteiger charge is -2.39. The molecule has 0 aromatic heterocycles. The molecule has 0 spiro atoms. The van der Waals surface area contributed by atoms with Gasteiger partial charge in [0.1, 0.15) is 5.54 Å². The lowest BCUT2D eigenvalue weighted by Crippen LogP contribution is -2.51. The largest absolute Gasteiger partial charge is 0.376 e. The van der Waals surface area contributed by atoms with Gasteiger partial charge in [0.05, 0.1) is 12.6 Å². The third-order valence-corrected chi connectivity index (χ3v) is 5.87. The Morgan fingerprint density at radius 3 is 2.47 bits per heavy atom. The van der Waals surface area contributed by atoms with Crippen LogP contribution in [0.4, 0.5) is 11.4 Å². The molecule has 0 atom stereocenters. The van der Waals surface area contributed by atoms with E-state index in [1.54, 1.807) is 24.1 Å². The zero-order chi connectivity index (χ0) is 21.6. The third kappa shape index (κ3) is 4.80. The average Bonchev–Trinajstić information content (AvgIpc) is 2.79. The van der Waals surface area contributed by atoms with E-state index < -0.39 is 5.54 Å². The Balaban J connectivity index is 1.65. The minimum atomic E-state index is -0.697. The van der Waals surface area contributed by atoms with Crippen molar-refractivity contribution in [2.75, 3.05) is 24.2 Å². The first-order chi connectivity index (χ1) is 14.4. The van der Waals surface area contributed by atoms with Gasteiger partial charge in [-0.25, -0.2) is 0 Å². The van der Waals surface area contributed by atoms with Gasteiger partial charge in [0.25, 0.3) is 5.91 Å². The maximum Gasteiger partial charge on any atom is 0.255 e. The summed E-state index contributed by atoms with van der Waals surface area (Å²) in [5.74, 6) is -0.300. The highest BCUT2D eigenvalue weighted by atomic mass is 16.2. The Hall–Kier alpha value is -3.33. The van der Waals surface area contributed by atoms with Crippen molar-refractivity contribution in [2.24, 2.45) is 0 Å². The van der Waals surface area contributed by atoms with E-state index in [0.717, 1.165) is 43.4 Å². The number of amides is 2. The van der Waals surface area contributed by atoms with E-state index in [-0.39, 0.29) is 18.4 Å². The highest BCUT2D eigenvalue weighted by molar-refractivity contribution is 6.04. The summed E-state index contributed by atoms with van der Waals surface area (Å²) in [4.78, 5) is 26.8. The van der Waals surface area contributed by atoms with Crippen LogP contribution in [0.5, 0.6) is 0 Å². The fourth-order valence-electron chi connectivity index (χ4n) is 3.87. The Morgan fingerprint density at radius 2 is 1.80 bits per heavy atom.